The molecule has 1 aromatic carbocycles. The lowest BCUT2D eigenvalue weighted by molar-refractivity contribution is -0.138. The van der Waals surface area contributed by atoms with E-state index >= 15 is 0 Å². The highest BCUT2D eigenvalue weighted by Crippen LogP contribution is 2.33. The Morgan fingerprint density at radius 3 is 2.62 bits per heavy atom. The molecular weight excluding hydrogens is 329 g/mol. The molecule has 1 aromatic heterocycles. The van der Waals surface area contributed by atoms with Crippen molar-refractivity contribution in [3.63, 3.8) is 0 Å². The van der Waals surface area contributed by atoms with Crippen molar-refractivity contribution < 1.29 is 27.9 Å². The summed E-state index contributed by atoms with van der Waals surface area (Å²) in [4.78, 5) is 22.2. The molecule has 128 valence electrons. The summed E-state index contributed by atoms with van der Waals surface area (Å²) in [5, 5.41) is 18.0. The lowest BCUT2D eigenvalue weighted by Crippen LogP contribution is -2.25. The molecule has 0 fully saturated rings. The highest BCUT2D eigenvalue weighted by Gasteiger charge is 2.34. The molecule has 7 nitrogen and oxygen atoms in total. The summed E-state index contributed by atoms with van der Waals surface area (Å²) >= 11 is 0. The molecule has 0 aliphatic heterocycles. The number of carboxylic acids is 1. The van der Waals surface area contributed by atoms with Gasteiger partial charge in [-0.3, -0.25) is 9.59 Å². The third kappa shape index (κ3) is 4.31. The van der Waals surface area contributed by atoms with E-state index in [9.17, 15) is 22.8 Å². The van der Waals surface area contributed by atoms with Crippen molar-refractivity contribution in [1.29, 1.82) is 0 Å². The number of para-hydroxylation sites is 1. The first-order chi connectivity index (χ1) is 11.3. The molecule has 0 unspecified atom stereocenters. The van der Waals surface area contributed by atoms with Gasteiger partial charge in [-0.25, -0.2) is 4.68 Å². The predicted octanol–water partition coefficient (Wildman–Crippen LogP) is 1.88. The Bertz CT molecular complexity index is 743. The third-order valence-corrected chi connectivity index (χ3v) is 3.04. The van der Waals surface area contributed by atoms with Crippen LogP contribution in [0.4, 0.5) is 13.2 Å². The molecule has 0 saturated carbocycles. The van der Waals surface area contributed by atoms with Crippen LogP contribution in [0.15, 0.2) is 30.5 Å². The van der Waals surface area contributed by atoms with Crippen LogP contribution in [0, 0.1) is 0 Å². The van der Waals surface area contributed by atoms with Gasteiger partial charge < -0.3 is 10.4 Å². The molecule has 24 heavy (non-hydrogen) atoms. The molecule has 0 aliphatic carbocycles. The Hall–Kier alpha value is -2.91. The Kier molecular flexibility index (Phi) is 5.17. The first-order valence-electron chi connectivity index (χ1n) is 6.88. The van der Waals surface area contributed by atoms with Crippen LogP contribution in [0.1, 0.15) is 28.9 Å². The summed E-state index contributed by atoms with van der Waals surface area (Å²) in [6, 6.07) is 4.78. The van der Waals surface area contributed by atoms with Gasteiger partial charge in [0.15, 0.2) is 5.69 Å². The van der Waals surface area contributed by atoms with Crippen molar-refractivity contribution in [1.82, 2.24) is 20.3 Å². The van der Waals surface area contributed by atoms with Crippen LogP contribution >= 0.6 is 0 Å². The minimum absolute atomic E-state index is 0.105. The smallest absolute Gasteiger partial charge is 0.418 e. The number of carbonyl (C=O) groups is 2. The SMILES string of the molecule is O=C(O)CCCNC(=O)c1cn(-c2ccccc2C(F)(F)F)nn1. The standard InChI is InChI=1S/C14H13F3N4O3/c15-14(16,17)9-4-1-2-5-11(9)21-8-10(19-20-21)13(24)18-7-3-6-12(22)23/h1-2,4-5,8H,3,6-7H2,(H,18,24)(H,22,23). The zero-order chi connectivity index (χ0) is 17.7. The Morgan fingerprint density at radius 1 is 1.25 bits per heavy atom. The molecule has 0 spiro atoms. The highest BCUT2D eigenvalue weighted by atomic mass is 19.4. The second kappa shape index (κ2) is 7.11. The van der Waals surface area contributed by atoms with E-state index in [1.165, 1.54) is 18.2 Å². The van der Waals surface area contributed by atoms with E-state index in [0.717, 1.165) is 16.9 Å². The number of nitrogens with zero attached hydrogens (tertiary/aromatic N) is 3. The molecule has 2 N–H and O–H groups in total. The lowest BCUT2D eigenvalue weighted by Gasteiger charge is -2.11. The third-order valence-electron chi connectivity index (χ3n) is 3.04. The van der Waals surface area contributed by atoms with Crippen molar-refractivity contribution >= 4 is 11.9 Å². The largest absolute Gasteiger partial charge is 0.481 e. The van der Waals surface area contributed by atoms with Crippen LogP contribution in [-0.2, 0) is 11.0 Å². The minimum Gasteiger partial charge on any atom is -0.481 e. The van der Waals surface area contributed by atoms with Crippen LogP contribution < -0.4 is 5.32 Å². The molecule has 2 rings (SSSR count). The van der Waals surface area contributed by atoms with E-state index in [4.69, 9.17) is 5.11 Å². The number of alkyl halides is 3. The van der Waals surface area contributed by atoms with E-state index in [1.807, 2.05) is 0 Å². The van der Waals surface area contributed by atoms with Gasteiger partial charge in [0.05, 0.1) is 17.4 Å². The normalized spacial score (nSPS) is 11.3. The summed E-state index contributed by atoms with van der Waals surface area (Å²) in [5.74, 6) is -1.63. The monoisotopic (exact) mass is 342 g/mol. The van der Waals surface area contributed by atoms with Gasteiger partial charge in [0.2, 0.25) is 0 Å². The Balaban J connectivity index is 2.11. The Labute approximate surface area is 134 Å². The molecule has 0 aliphatic rings. The van der Waals surface area contributed by atoms with Gasteiger partial charge in [0.25, 0.3) is 5.91 Å². The lowest BCUT2D eigenvalue weighted by atomic mass is 10.1. The first kappa shape index (κ1) is 17.4. The van der Waals surface area contributed by atoms with Crippen molar-refractivity contribution in [2.24, 2.45) is 0 Å². The van der Waals surface area contributed by atoms with E-state index in [2.05, 4.69) is 15.6 Å². The Morgan fingerprint density at radius 2 is 1.96 bits per heavy atom. The fraction of sp³-hybridized carbons (Fsp3) is 0.286. The number of aliphatic carboxylic acids is 1. The van der Waals surface area contributed by atoms with Gasteiger partial charge in [-0.2, -0.15) is 13.2 Å². The molecule has 1 heterocycles. The maximum atomic E-state index is 13.0. The van der Waals surface area contributed by atoms with E-state index in [1.54, 1.807) is 0 Å². The first-order valence-corrected chi connectivity index (χ1v) is 6.88. The predicted molar refractivity (Wildman–Crippen MR) is 75.6 cm³/mol. The number of hydrogen-bond donors (Lipinski definition) is 2. The number of benzene rings is 1. The van der Waals surface area contributed by atoms with Crippen molar-refractivity contribution in [2.45, 2.75) is 19.0 Å². The highest BCUT2D eigenvalue weighted by molar-refractivity contribution is 5.91. The number of halogens is 3. The van der Waals surface area contributed by atoms with Gasteiger partial charge in [-0.1, -0.05) is 17.3 Å². The molecule has 1 amide bonds. The number of hydrogen-bond acceptors (Lipinski definition) is 4. The number of nitrogens with one attached hydrogen (secondary N) is 1. The molecule has 0 atom stereocenters. The summed E-state index contributed by atoms with van der Waals surface area (Å²) in [6.07, 6.45) is -3.36. The van der Waals surface area contributed by atoms with E-state index in [-0.39, 0.29) is 30.8 Å². The van der Waals surface area contributed by atoms with Gasteiger partial charge in [0.1, 0.15) is 0 Å². The van der Waals surface area contributed by atoms with Gasteiger partial charge in [-0.05, 0) is 18.6 Å². The topological polar surface area (TPSA) is 97.1 Å². The maximum Gasteiger partial charge on any atom is 0.418 e. The average Bonchev–Trinajstić information content (AvgIpc) is 3.00. The second-order valence-electron chi connectivity index (χ2n) is 4.82. The van der Waals surface area contributed by atoms with Crippen molar-refractivity contribution in [2.75, 3.05) is 6.54 Å². The summed E-state index contributed by atoms with van der Waals surface area (Å²) < 4.78 is 39.8. The molecule has 0 saturated heterocycles. The number of carbonyl (C=O) groups excluding carboxylic acids is 1. The van der Waals surface area contributed by atoms with Crippen LogP contribution in [0.5, 0.6) is 0 Å². The average molecular weight is 342 g/mol. The summed E-state index contributed by atoms with van der Waals surface area (Å²) in [5.41, 5.74) is -1.31. The van der Waals surface area contributed by atoms with Crippen molar-refractivity contribution in [3.8, 4) is 5.69 Å². The van der Waals surface area contributed by atoms with Crippen LogP contribution in [0.2, 0.25) is 0 Å². The zero-order valence-electron chi connectivity index (χ0n) is 12.2. The fourth-order valence-corrected chi connectivity index (χ4v) is 1.93. The zero-order valence-corrected chi connectivity index (χ0v) is 12.2. The van der Waals surface area contributed by atoms with E-state index in [0.29, 0.717) is 0 Å². The molecule has 0 bridgehead atoms. The van der Waals surface area contributed by atoms with Crippen molar-refractivity contribution in [3.05, 3.63) is 41.7 Å². The number of rotatable bonds is 6. The van der Waals surface area contributed by atoms with Crippen LogP contribution in [-0.4, -0.2) is 38.5 Å². The van der Waals surface area contributed by atoms with E-state index < -0.39 is 23.6 Å². The number of carboxylic acid groups (broad SMARTS) is 1. The fourth-order valence-electron chi connectivity index (χ4n) is 1.93. The van der Waals surface area contributed by atoms with Crippen LogP contribution in [0.3, 0.4) is 0 Å². The van der Waals surface area contributed by atoms with Gasteiger partial charge >= 0.3 is 12.1 Å². The molecule has 0 radical (unpaired) electrons. The van der Waals surface area contributed by atoms with Gasteiger partial charge in [0, 0.05) is 13.0 Å². The summed E-state index contributed by atoms with van der Waals surface area (Å²) in [7, 11) is 0. The summed E-state index contributed by atoms with van der Waals surface area (Å²) in [6.45, 7) is 0.108. The van der Waals surface area contributed by atoms with Gasteiger partial charge in [-0.15, -0.1) is 5.10 Å². The molecule has 2 aromatic rings. The quantitative estimate of drug-likeness (QED) is 0.781. The van der Waals surface area contributed by atoms with Crippen LogP contribution in [0.25, 0.3) is 5.69 Å². The molecule has 10 heteroatoms. The second-order valence-corrected chi connectivity index (χ2v) is 4.82. The maximum absolute atomic E-state index is 13.0. The number of amides is 1. The number of aromatic nitrogens is 3. The minimum atomic E-state index is -4.57. The molecular formula is C14H13F3N4O3.